The minimum Gasteiger partial charge on any atom is -0.357 e. The largest absolute Gasteiger partial charge is 0.357 e. The minimum absolute atomic E-state index is 0.215. The second-order valence-corrected chi connectivity index (χ2v) is 7.98. The fourth-order valence-electron chi connectivity index (χ4n) is 4.20. The Morgan fingerprint density at radius 3 is 2.97 bits per heavy atom. The lowest BCUT2D eigenvalue weighted by atomic mass is 10.1. The number of pyridine rings is 2. The maximum Gasteiger partial charge on any atom is 0.256 e. The van der Waals surface area contributed by atoms with Crippen LogP contribution in [0.15, 0.2) is 53.6 Å². The van der Waals surface area contributed by atoms with Gasteiger partial charge in [0.1, 0.15) is 5.82 Å². The van der Waals surface area contributed by atoms with E-state index in [2.05, 4.69) is 38.2 Å². The molecule has 4 aromatic rings. The van der Waals surface area contributed by atoms with Gasteiger partial charge in [0.15, 0.2) is 0 Å². The van der Waals surface area contributed by atoms with E-state index in [4.69, 9.17) is 0 Å². The number of aromatic amines is 2. The van der Waals surface area contributed by atoms with Crippen molar-refractivity contribution in [2.24, 2.45) is 0 Å². The second kappa shape index (κ2) is 7.42. The number of nitrogens with one attached hydrogen (secondary N) is 3. The van der Waals surface area contributed by atoms with Crippen molar-refractivity contribution >= 4 is 33.4 Å². The number of aromatic nitrogens is 3. The van der Waals surface area contributed by atoms with Crippen LogP contribution in [0.1, 0.15) is 35.8 Å². The maximum atomic E-state index is 12.7. The predicted molar refractivity (Wildman–Crippen MR) is 118 cm³/mol. The molecule has 7 heteroatoms. The Morgan fingerprint density at radius 2 is 2.13 bits per heavy atom. The van der Waals surface area contributed by atoms with E-state index in [9.17, 15) is 9.59 Å². The molecule has 0 radical (unpaired) electrons. The van der Waals surface area contributed by atoms with Crippen LogP contribution < -0.4 is 10.9 Å². The van der Waals surface area contributed by atoms with Crippen molar-refractivity contribution in [2.45, 2.75) is 32.4 Å². The van der Waals surface area contributed by atoms with Crippen molar-refractivity contribution < 1.29 is 4.79 Å². The molecule has 1 fully saturated rings. The Bertz CT molecular complexity index is 1310. The third-order valence-electron chi connectivity index (χ3n) is 5.90. The Balaban J connectivity index is 1.36. The van der Waals surface area contributed by atoms with E-state index in [1.54, 1.807) is 36.7 Å². The fourth-order valence-corrected chi connectivity index (χ4v) is 4.20. The van der Waals surface area contributed by atoms with Gasteiger partial charge < -0.3 is 15.3 Å². The lowest BCUT2D eigenvalue weighted by Gasteiger charge is -2.19. The summed E-state index contributed by atoms with van der Waals surface area (Å²) in [6.07, 6.45) is 5.86. The molecule has 1 amide bonds. The summed E-state index contributed by atoms with van der Waals surface area (Å²) in [6.45, 7) is 4.29. The van der Waals surface area contributed by atoms with Gasteiger partial charge in [-0.15, -0.1) is 0 Å². The van der Waals surface area contributed by atoms with Gasteiger partial charge in [0.05, 0.1) is 5.52 Å². The Morgan fingerprint density at radius 1 is 1.23 bits per heavy atom. The van der Waals surface area contributed by atoms with Crippen LogP contribution >= 0.6 is 0 Å². The van der Waals surface area contributed by atoms with Crippen LogP contribution in [0, 0.1) is 0 Å². The molecule has 3 aromatic heterocycles. The van der Waals surface area contributed by atoms with E-state index in [0.29, 0.717) is 22.8 Å². The van der Waals surface area contributed by atoms with Gasteiger partial charge in [0, 0.05) is 53.1 Å². The zero-order valence-corrected chi connectivity index (χ0v) is 16.7. The van der Waals surface area contributed by atoms with Gasteiger partial charge in [-0.05, 0) is 56.0 Å². The zero-order chi connectivity index (χ0) is 20.7. The first-order valence-electron chi connectivity index (χ1n) is 10.2. The van der Waals surface area contributed by atoms with Gasteiger partial charge in [-0.2, -0.15) is 0 Å². The third-order valence-corrected chi connectivity index (χ3v) is 5.90. The first kappa shape index (κ1) is 18.6. The highest BCUT2D eigenvalue weighted by Crippen LogP contribution is 2.23. The normalized spacial score (nSPS) is 17.0. The standard InChI is InChI=1S/C23H23N5O2/c1-14-3-2-8-28(14)13-18-9-17-12-25-21(11-20(17)26-18)27-22(29)16-5-4-15-6-7-24-23(30)19(15)10-16/h4-7,9-12,14,26H,2-3,8,13H2,1H3,(H,24,30)(H,25,27,29)/t14-/m0/s1. The molecule has 1 aromatic carbocycles. The molecule has 152 valence electrons. The molecule has 5 rings (SSSR count). The number of carbonyl (C=O) groups excluding carboxylic acids is 1. The number of H-pyrrole nitrogens is 2. The summed E-state index contributed by atoms with van der Waals surface area (Å²) in [7, 11) is 0. The summed E-state index contributed by atoms with van der Waals surface area (Å²) < 4.78 is 0. The highest BCUT2D eigenvalue weighted by atomic mass is 16.1. The maximum absolute atomic E-state index is 12.7. The molecule has 1 aliphatic heterocycles. The molecule has 1 saturated heterocycles. The summed E-state index contributed by atoms with van der Waals surface area (Å²) in [5.41, 5.74) is 2.29. The van der Waals surface area contributed by atoms with E-state index < -0.39 is 0 Å². The number of nitrogens with zero attached hydrogens (tertiary/aromatic N) is 2. The molecule has 4 heterocycles. The van der Waals surface area contributed by atoms with Crippen LogP contribution in [0.4, 0.5) is 5.82 Å². The summed E-state index contributed by atoms with van der Waals surface area (Å²) in [6, 6.07) is 11.5. The molecular formula is C23H23N5O2. The van der Waals surface area contributed by atoms with Crippen molar-refractivity contribution in [3.8, 4) is 0 Å². The minimum atomic E-state index is -0.301. The second-order valence-electron chi connectivity index (χ2n) is 7.98. The number of amides is 1. The topological polar surface area (TPSA) is 93.9 Å². The van der Waals surface area contributed by atoms with Crippen LogP contribution in [0.5, 0.6) is 0 Å². The molecule has 0 saturated carbocycles. The van der Waals surface area contributed by atoms with Crippen molar-refractivity contribution in [3.05, 3.63) is 70.4 Å². The SMILES string of the molecule is C[C@H]1CCCN1Cc1cc2cnc(NC(=O)c3ccc4cc[nH]c(=O)c4c3)cc2[nH]1. The van der Waals surface area contributed by atoms with Crippen LogP contribution in [0.3, 0.4) is 0 Å². The fraction of sp³-hybridized carbons (Fsp3) is 0.261. The number of carbonyl (C=O) groups is 1. The summed E-state index contributed by atoms with van der Waals surface area (Å²) >= 11 is 0. The van der Waals surface area contributed by atoms with Gasteiger partial charge in [-0.25, -0.2) is 4.98 Å². The average molecular weight is 401 g/mol. The molecule has 0 aliphatic carbocycles. The molecule has 0 spiro atoms. The van der Waals surface area contributed by atoms with Crippen LogP contribution in [-0.2, 0) is 6.54 Å². The summed E-state index contributed by atoms with van der Waals surface area (Å²) in [4.78, 5) is 37.6. The van der Waals surface area contributed by atoms with E-state index in [1.165, 1.54) is 12.8 Å². The molecule has 0 unspecified atom stereocenters. The van der Waals surface area contributed by atoms with Crippen LogP contribution in [-0.4, -0.2) is 38.3 Å². The van der Waals surface area contributed by atoms with Crippen LogP contribution in [0.2, 0.25) is 0 Å². The number of rotatable bonds is 4. The lowest BCUT2D eigenvalue weighted by molar-refractivity contribution is 0.102. The van der Waals surface area contributed by atoms with Gasteiger partial charge in [-0.3, -0.25) is 14.5 Å². The summed E-state index contributed by atoms with van der Waals surface area (Å²) in [5, 5.41) is 5.13. The lowest BCUT2D eigenvalue weighted by Crippen LogP contribution is -2.26. The molecule has 1 aliphatic rings. The van der Waals surface area contributed by atoms with E-state index >= 15 is 0 Å². The van der Waals surface area contributed by atoms with Crippen molar-refractivity contribution in [3.63, 3.8) is 0 Å². The smallest absolute Gasteiger partial charge is 0.256 e. The van der Waals surface area contributed by atoms with E-state index in [1.807, 2.05) is 6.07 Å². The predicted octanol–water partition coefficient (Wildman–Crippen LogP) is 3.64. The first-order valence-corrected chi connectivity index (χ1v) is 10.2. The molecule has 1 atom stereocenters. The van der Waals surface area contributed by atoms with Gasteiger partial charge in [0.2, 0.25) is 0 Å². The van der Waals surface area contributed by atoms with Gasteiger partial charge >= 0.3 is 0 Å². The quantitative estimate of drug-likeness (QED) is 0.487. The number of benzene rings is 1. The van der Waals surface area contributed by atoms with Crippen LogP contribution in [0.25, 0.3) is 21.7 Å². The molecule has 30 heavy (non-hydrogen) atoms. The monoisotopic (exact) mass is 401 g/mol. The van der Waals surface area contributed by atoms with Crippen molar-refractivity contribution in [1.82, 2.24) is 19.9 Å². The number of anilines is 1. The number of hydrogen-bond donors (Lipinski definition) is 3. The van der Waals surface area contributed by atoms with Gasteiger partial charge in [-0.1, -0.05) is 6.07 Å². The Hall–Kier alpha value is -3.45. The highest BCUT2D eigenvalue weighted by molar-refractivity contribution is 6.06. The molecular weight excluding hydrogens is 378 g/mol. The van der Waals surface area contributed by atoms with E-state index in [-0.39, 0.29) is 11.5 Å². The average Bonchev–Trinajstić information content (AvgIpc) is 3.33. The summed E-state index contributed by atoms with van der Waals surface area (Å²) in [5.74, 6) is 0.169. The van der Waals surface area contributed by atoms with Gasteiger partial charge in [0.25, 0.3) is 11.5 Å². The first-order chi connectivity index (χ1) is 14.6. The highest BCUT2D eigenvalue weighted by Gasteiger charge is 2.20. The molecule has 3 N–H and O–H groups in total. The third kappa shape index (κ3) is 3.48. The van der Waals surface area contributed by atoms with E-state index in [0.717, 1.165) is 35.1 Å². The Labute approximate surface area is 173 Å². The van der Waals surface area contributed by atoms with Crippen molar-refractivity contribution in [2.75, 3.05) is 11.9 Å². The number of likely N-dealkylation sites (tertiary alicyclic amines) is 1. The van der Waals surface area contributed by atoms with Crippen molar-refractivity contribution in [1.29, 1.82) is 0 Å². The molecule has 7 nitrogen and oxygen atoms in total. The Kier molecular flexibility index (Phi) is 4.59. The number of hydrogen-bond acceptors (Lipinski definition) is 4. The zero-order valence-electron chi connectivity index (χ0n) is 16.7. The number of fused-ring (bicyclic) bond motifs is 2. The molecule has 0 bridgehead atoms.